The summed E-state index contributed by atoms with van der Waals surface area (Å²) in [7, 11) is 0. The van der Waals surface area contributed by atoms with Gasteiger partial charge in [-0.25, -0.2) is 9.78 Å². The highest BCUT2D eigenvalue weighted by atomic mass is 32.1. The van der Waals surface area contributed by atoms with Crippen molar-refractivity contribution < 1.29 is 39.0 Å². The molecule has 188 valence electrons. The van der Waals surface area contributed by atoms with Crippen LogP contribution in [-0.4, -0.2) is 85.7 Å². The Kier molecular flexibility index (Phi) is 11.5. The van der Waals surface area contributed by atoms with E-state index < -0.39 is 72.6 Å². The van der Waals surface area contributed by atoms with Gasteiger partial charge in [0, 0.05) is 30.5 Å². The second-order valence-corrected chi connectivity index (χ2v) is 7.56. The van der Waals surface area contributed by atoms with E-state index in [-0.39, 0.29) is 18.6 Å². The Bertz CT molecular complexity index is 895. The van der Waals surface area contributed by atoms with Gasteiger partial charge in [0.15, 0.2) is 0 Å². The van der Waals surface area contributed by atoms with Gasteiger partial charge in [0.05, 0.1) is 18.8 Å². The molecular weight excluding hydrogens is 474 g/mol. The molecule has 4 unspecified atom stereocenters. The van der Waals surface area contributed by atoms with E-state index in [9.17, 15) is 28.8 Å². The zero-order valence-corrected chi connectivity index (χ0v) is 18.8. The summed E-state index contributed by atoms with van der Waals surface area (Å²) in [5.74, 6) is -6.64. The van der Waals surface area contributed by atoms with Gasteiger partial charge in [0.2, 0.25) is 23.6 Å². The summed E-state index contributed by atoms with van der Waals surface area (Å²) in [5, 5.41) is 24.8. The van der Waals surface area contributed by atoms with E-state index in [2.05, 4.69) is 38.5 Å². The molecule has 1 heterocycles. The number of carbonyl (C=O) groups is 6. The Morgan fingerprint density at radius 2 is 1.59 bits per heavy atom. The number of hydrogen-bond acceptors (Lipinski definition) is 9. The molecule has 0 aliphatic rings. The number of rotatable bonds is 15. The van der Waals surface area contributed by atoms with Crippen LogP contribution in [0, 0.1) is 0 Å². The molecule has 10 N–H and O–H groups in total. The smallest absolute Gasteiger partial charge is 0.326 e. The third-order valence-corrected chi connectivity index (χ3v) is 4.81. The zero-order valence-electron chi connectivity index (χ0n) is 17.9. The van der Waals surface area contributed by atoms with Gasteiger partial charge in [-0.05, 0) is 6.42 Å². The number of carboxylic acids is 2. The number of nitrogens with zero attached hydrogens (tertiary/aromatic N) is 1. The van der Waals surface area contributed by atoms with Crippen molar-refractivity contribution in [1.29, 1.82) is 0 Å². The molecule has 15 nitrogen and oxygen atoms in total. The molecule has 4 amide bonds. The summed E-state index contributed by atoms with van der Waals surface area (Å²) in [5.41, 5.74) is 11.4. The molecule has 0 radical (unpaired) electrons. The third-order valence-electron chi connectivity index (χ3n) is 4.45. The van der Waals surface area contributed by atoms with E-state index >= 15 is 0 Å². The number of aromatic amines is 1. The number of aromatic nitrogens is 2. The summed E-state index contributed by atoms with van der Waals surface area (Å²) in [4.78, 5) is 77.3. The maximum Gasteiger partial charge on any atom is 0.326 e. The third kappa shape index (κ3) is 9.86. The summed E-state index contributed by atoms with van der Waals surface area (Å²) >= 11 is 3.95. The number of amides is 4. The summed E-state index contributed by atoms with van der Waals surface area (Å²) < 4.78 is 0. The zero-order chi connectivity index (χ0) is 25.8. The molecule has 0 bridgehead atoms. The average Bonchev–Trinajstić information content (AvgIpc) is 3.26. The molecule has 0 spiro atoms. The number of H-pyrrole nitrogens is 1. The Morgan fingerprint density at radius 1 is 1.00 bits per heavy atom. The molecule has 0 fully saturated rings. The van der Waals surface area contributed by atoms with Gasteiger partial charge < -0.3 is 42.6 Å². The normalized spacial score (nSPS) is 14.2. The first-order valence-electron chi connectivity index (χ1n) is 9.92. The van der Waals surface area contributed by atoms with Crippen LogP contribution in [0.2, 0.25) is 0 Å². The highest BCUT2D eigenvalue weighted by molar-refractivity contribution is 7.80. The van der Waals surface area contributed by atoms with E-state index in [1.54, 1.807) is 0 Å². The van der Waals surface area contributed by atoms with E-state index in [0.717, 1.165) is 0 Å². The second-order valence-electron chi connectivity index (χ2n) is 7.19. The van der Waals surface area contributed by atoms with Crippen LogP contribution in [0.3, 0.4) is 0 Å². The molecule has 0 saturated heterocycles. The molecule has 0 aromatic carbocycles. The fourth-order valence-corrected chi connectivity index (χ4v) is 2.94. The number of carboxylic acid groups (broad SMARTS) is 2. The van der Waals surface area contributed by atoms with Crippen molar-refractivity contribution >= 4 is 48.2 Å². The molecule has 1 aromatic rings. The van der Waals surface area contributed by atoms with E-state index in [1.807, 2.05) is 0 Å². The van der Waals surface area contributed by atoms with Crippen molar-refractivity contribution in [1.82, 2.24) is 25.9 Å². The number of nitrogens with one attached hydrogen (secondary N) is 4. The Hall–Kier alpha value is -3.66. The quantitative estimate of drug-likeness (QED) is 0.107. The standard InChI is InChI=1S/C18H27N7O8S/c19-9(3-8-5-21-7-22-8)15(29)23-10(1-2-14(27)28)16(30)25-12(6-34)17(31)24-11(18(32)33)4-13(20)26/h5,7,9-12,34H,1-4,6,19H2,(H2,20,26)(H,21,22)(H,23,29)(H,24,31)(H,25,30)(H,27,28)(H,32,33). The molecule has 4 atom stereocenters. The van der Waals surface area contributed by atoms with Gasteiger partial charge in [-0.3, -0.25) is 24.0 Å². The monoisotopic (exact) mass is 501 g/mol. The van der Waals surface area contributed by atoms with Crippen LogP contribution in [0.1, 0.15) is 25.0 Å². The van der Waals surface area contributed by atoms with Gasteiger partial charge in [-0.15, -0.1) is 0 Å². The lowest BCUT2D eigenvalue weighted by molar-refractivity contribution is -0.143. The van der Waals surface area contributed by atoms with E-state index in [0.29, 0.717) is 5.69 Å². The first-order chi connectivity index (χ1) is 15.9. The van der Waals surface area contributed by atoms with Gasteiger partial charge in [0.1, 0.15) is 18.1 Å². The summed E-state index contributed by atoms with van der Waals surface area (Å²) in [6.45, 7) is 0. The summed E-state index contributed by atoms with van der Waals surface area (Å²) in [6, 6.07) is -5.46. The van der Waals surface area contributed by atoms with Crippen LogP contribution in [0.15, 0.2) is 12.5 Å². The lowest BCUT2D eigenvalue weighted by atomic mass is 10.1. The predicted molar refractivity (Wildman–Crippen MR) is 118 cm³/mol. The first-order valence-corrected chi connectivity index (χ1v) is 10.6. The maximum absolute atomic E-state index is 12.7. The van der Waals surface area contributed by atoms with Crippen molar-refractivity contribution in [2.45, 2.75) is 49.9 Å². The molecule has 0 saturated carbocycles. The molecule has 0 aliphatic heterocycles. The summed E-state index contributed by atoms with van der Waals surface area (Å²) in [6.07, 6.45) is 1.44. The largest absolute Gasteiger partial charge is 0.481 e. The van der Waals surface area contributed by atoms with Crippen LogP contribution in [0.25, 0.3) is 0 Å². The SMILES string of the molecule is NC(=O)CC(NC(=O)C(CS)NC(=O)C(CCC(=O)O)NC(=O)C(N)Cc1cnc[nH]1)C(=O)O. The fraction of sp³-hybridized carbons (Fsp3) is 0.500. The molecule has 34 heavy (non-hydrogen) atoms. The van der Waals surface area contributed by atoms with Crippen molar-refractivity contribution in [3.05, 3.63) is 18.2 Å². The van der Waals surface area contributed by atoms with Gasteiger partial charge in [-0.1, -0.05) is 0 Å². The van der Waals surface area contributed by atoms with Gasteiger partial charge >= 0.3 is 11.9 Å². The van der Waals surface area contributed by atoms with Crippen LogP contribution in [0.4, 0.5) is 0 Å². The Labute approximate surface area is 198 Å². The Balaban J connectivity index is 2.86. The molecule has 1 aromatic heterocycles. The molecule has 1 rings (SSSR count). The predicted octanol–water partition coefficient (Wildman–Crippen LogP) is -3.51. The highest BCUT2D eigenvalue weighted by Crippen LogP contribution is 2.03. The van der Waals surface area contributed by atoms with E-state index in [1.165, 1.54) is 12.5 Å². The fourth-order valence-electron chi connectivity index (χ4n) is 2.68. The molecule has 16 heteroatoms. The maximum atomic E-state index is 12.7. The first kappa shape index (κ1) is 28.4. The van der Waals surface area contributed by atoms with Crippen molar-refractivity contribution in [2.75, 3.05) is 5.75 Å². The van der Waals surface area contributed by atoms with Crippen molar-refractivity contribution in [3.8, 4) is 0 Å². The van der Waals surface area contributed by atoms with E-state index in [4.69, 9.17) is 21.7 Å². The number of imidazole rings is 1. The molecular formula is C18H27N7O8S. The van der Waals surface area contributed by atoms with Crippen LogP contribution >= 0.6 is 12.6 Å². The van der Waals surface area contributed by atoms with Crippen molar-refractivity contribution in [2.24, 2.45) is 11.5 Å². The number of hydrogen-bond donors (Lipinski definition) is 9. The van der Waals surface area contributed by atoms with Crippen molar-refractivity contribution in [3.63, 3.8) is 0 Å². The van der Waals surface area contributed by atoms with Gasteiger partial charge in [0.25, 0.3) is 0 Å². The average molecular weight is 502 g/mol. The number of carbonyl (C=O) groups excluding carboxylic acids is 4. The minimum atomic E-state index is -1.63. The minimum absolute atomic E-state index is 0.0667. The van der Waals surface area contributed by atoms with Crippen LogP contribution in [0.5, 0.6) is 0 Å². The topological polar surface area (TPSA) is 260 Å². The Morgan fingerprint density at radius 3 is 2.09 bits per heavy atom. The van der Waals surface area contributed by atoms with Gasteiger partial charge in [-0.2, -0.15) is 12.6 Å². The lowest BCUT2D eigenvalue weighted by Crippen LogP contribution is -2.58. The molecule has 0 aliphatic carbocycles. The number of primary amides is 1. The van der Waals surface area contributed by atoms with Crippen LogP contribution < -0.4 is 27.4 Å². The second kappa shape index (κ2) is 13.8. The number of nitrogens with two attached hydrogens (primary N) is 2. The highest BCUT2D eigenvalue weighted by Gasteiger charge is 2.30. The lowest BCUT2D eigenvalue weighted by Gasteiger charge is -2.24. The number of thiol groups is 1. The van der Waals surface area contributed by atoms with Crippen LogP contribution in [-0.2, 0) is 35.2 Å². The minimum Gasteiger partial charge on any atom is -0.481 e. The number of aliphatic carboxylic acids is 2.